The van der Waals surface area contributed by atoms with Crippen LogP contribution in [0.4, 0.5) is 5.69 Å². The van der Waals surface area contributed by atoms with Crippen LogP contribution in [0.3, 0.4) is 0 Å². The Balaban J connectivity index is 1.83. The van der Waals surface area contributed by atoms with E-state index in [0.29, 0.717) is 43.4 Å². The van der Waals surface area contributed by atoms with Gasteiger partial charge in [0.2, 0.25) is 5.91 Å². The van der Waals surface area contributed by atoms with Crippen molar-refractivity contribution in [2.24, 2.45) is 5.92 Å². The third-order valence-electron chi connectivity index (χ3n) is 3.99. The lowest BCUT2D eigenvalue weighted by atomic mass is 10.2. The van der Waals surface area contributed by atoms with Gasteiger partial charge >= 0.3 is 0 Å². The molecule has 0 radical (unpaired) electrons. The molecule has 29 heavy (non-hydrogen) atoms. The number of hydrogen-bond donors (Lipinski definition) is 1. The SMILES string of the molecule is CC(C)Cn1c(SCC(=O)Nc2cc(Cl)c(Cl)cc2Cl)nc2ccccc2c1=O. The Morgan fingerprint density at radius 2 is 1.83 bits per heavy atom. The number of hydrogen-bond acceptors (Lipinski definition) is 4. The van der Waals surface area contributed by atoms with Crippen molar-refractivity contribution in [1.29, 1.82) is 0 Å². The monoisotopic (exact) mass is 469 g/mol. The van der Waals surface area contributed by atoms with E-state index in [-0.39, 0.29) is 23.1 Å². The van der Waals surface area contributed by atoms with Gasteiger partial charge in [-0.15, -0.1) is 0 Å². The maximum atomic E-state index is 12.9. The van der Waals surface area contributed by atoms with Crippen molar-refractivity contribution in [1.82, 2.24) is 9.55 Å². The molecule has 1 heterocycles. The molecule has 0 saturated heterocycles. The van der Waals surface area contributed by atoms with Crippen LogP contribution in [0, 0.1) is 5.92 Å². The molecular formula is C20H18Cl3N3O2S. The molecule has 0 bridgehead atoms. The molecule has 0 fully saturated rings. The summed E-state index contributed by atoms with van der Waals surface area (Å²) in [6.45, 7) is 4.56. The number of amides is 1. The maximum absolute atomic E-state index is 12.9. The van der Waals surface area contributed by atoms with E-state index in [1.165, 1.54) is 23.9 Å². The van der Waals surface area contributed by atoms with E-state index in [9.17, 15) is 9.59 Å². The maximum Gasteiger partial charge on any atom is 0.262 e. The van der Waals surface area contributed by atoms with Gasteiger partial charge in [-0.1, -0.05) is 72.5 Å². The van der Waals surface area contributed by atoms with Gasteiger partial charge in [-0.25, -0.2) is 4.98 Å². The van der Waals surface area contributed by atoms with E-state index >= 15 is 0 Å². The zero-order valence-electron chi connectivity index (χ0n) is 15.7. The fraction of sp³-hybridized carbons (Fsp3) is 0.250. The number of aromatic nitrogens is 2. The highest BCUT2D eigenvalue weighted by Crippen LogP contribution is 2.32. The number of halogens is 3. The first-order chi connectivity index (χ1) is 13.8. The molecule has 0 aliphatic rings. The summed E-state index contributed by atoms with van der Waals surface area (Å²) in [5.74, 6) is 0.00654. The zero-order valence-corrected chi connectivity index (χ0v) is 18.8. The highest BCUT2D eigenvalue weighted by Gasteiger charge is 2.15. The van der Waals surface area contributed by atoms with Gasteiger partial charge in [0.05, 0.1) is 37.4 Å². The number of rotatable bonds is 6. The van der Waals surface area contributed by atoms with Crippen molar-refractivity contribution in [3.05, 3.63) is 61.8 Å². The fourth-order valence-electron chi connectivity index (χ4n) is 2.72. The Kier molecular flexibility index (Phi) is 7.11. The van der Waals surface area contributed by atoms with Crippen molar-refractivity contribution in [2.75, 3.05) is 11.1 Å². The first-order valence-corrected chi connectivity index (χ1v) is 10.9. The smallest absolute Gasteiger partial charge is 0.262 e. The van der Waals surface area contributed by atoms with Crippen molar-refractivity contribution >= 4 is 69.1 Å². The fourth-order valence-corrected chi connectivity index (χ4v) is 4.12. The molecule has 1 aromatic heterocycles. The molecule has 0 aliphatic carbocycles. The largest absolute Gasteiger partial charge is 0.324 e. The van der Waals surface area contributed by atoms with Crippen LogP contribution < -0.4 is 10.9 Å². The van der Waals surface area contributed by atoms with Gasteiger partial charge in [-0.05, 0) is 30.2 Å². The van der Waals surface area contributed by atoms with Gasteiger partial charge < -0.3 is 5.32 Å². The van der Waals surface area contributed by atoms with E-state index in [1.807, 2.05) is 26.0 Å². The van der Waals surface area contributed by atoms with Crippen molar-refractivity contribution in [3.8, 4) is 0 Å². The molecule has 0 spiro atoms. The number of nitrogens with zero attached hydrogens (tertiary/aromatic N) is 2. The highest BCUT2D eigenvalue weighted by molar-refractivity contribution is 7.99. The highest BCUT2D eigenvalue weighted by atomic mass is 35.5. The third kappa shape index (κ3) is 5.25. The molecule has 0 atom stereocenters. The molecule has 0 aliphatic heterocycles. The average Bonchev–Trinajstić information content (AvgIpc) is 2.67. The summed E-state index contributed by atoms with van der Waals surface area (Å²) in [4.78, 5) is 29.9. The van der Waals surface area contributed by atoms with Gasteiger partial charge in [0, 0.05) is 6.54 Å². The number of carbonyl (C=O) groups is 1. The standard InChI is InChI=1S/C20H18Cl3N3O2S/c1-11(2)9-26-19(28)12-5-3-4-6-16(12)25-20(26)29-10-18(27)24-17-8-14(22)13(21)7-15(17)23/h3-8,11H,9-10H2,1-2H3,(H,24,27). The van der Waals surface area contributed by atoms with Gasteiger partial charge in [-0.3, -0.25) is 14.2 Å². The number of fused-ring (bicyclic) bond motifs is 1. The Bertz CT molecular complexity index is 1130. The number of carbonyl (C=O) groups excluding carboxylic acids is 1. The second-order valence-corrected chi connectivity index (χ2v) is 8.97. The molecule has 5 nitrogen and oxygen atoms in total. The second kappa shape index (κ2) is 9.39. The van der Waals surface area contributed by atoms with Gasteiger partial charge in [-0.2, -0.15) is 0 Å². The Morgan fingerprint density at radius 1 is 1.14 bits per heavy atom. The van der Waals surface area contributed by atoms with Crippen LogP contribution in [0.25, 0.3) is 10.9 Å². The molecule has 3 aromatic rings. The quantitative estimate of drug-likeness (QED) is 0.283. The predicted molar refractivity (Wildman–Crippen MR) is 122 cm³/mol. The summed E-state index contributed by atoms with van der Waals surface area (Å²) in [6, 6.07) is 10.2. The first-order valence-electron chi connectivity index (χ1n) is 8.83. The number of anilines is 1. The van der Waals surface area contributed by atoms with Gasteiger partial charge in [0.25, 0.3) is 5.56 Å². The van der Waals surface area contributed by atoms with Crippen molar-refractivity contribution in [3.63, 3.8) is 0 Å². The minimum Gasteiger partial charge on any atom is -0.324 e. The number of benzene rings is 2. The first kappa shape index (κ1) is 22.0. The van der Waals surface area contributed by atoms with E-state index in [4.69, 9.17) is 34.8 Å². The van der Waals surface area contributed by atoms with Gasteiger partial charge in [0.1, 0.15) is 0 Å². The third-order valence-corrected chi connectivity index (χ3v) is 6.00. The van der Waals surface area contributed by atoms with E-state index < -0.39 is 0 Å². The van der Waals surface area contributed by atoms with Crippen LogP contribution in [-0.2, 0) is 11.3 Å². The van der Waals surface area contributed by atoms with E-state index in [1.54, 1.807) is 16.7 Å². The minimum absolute atomic E-state index is 0.0550. The van der Waals surface area contributed by atoms with Crippen LogP contribution in [0.1, 0.15) is 13.8 Å². The molecule has 152 valence electrons. The lowest BCUT2D eigenvalue weighted by molar-refractivity contribution is -0.113. The Hall–Kier alpha value is -1.73. The summed E-state index contributed by atoms with van der Waals surface area (Å²) < 4.78 is 1.62. The summed E-state index contributed by atoms with van der Waals surface area (Å²) in [5, 5.41) is 4.66. The summed E-state index contributed by atoms with van der Waals surface area (Å²) in [7, 11) is 0. The molecule has 1 N–H and O–H groups in total. The van der Waals surface area contributed by atoms with Crippen LogP contribution in [-0.4, -0.2) is 21.2 Å². The van der Waals surface area contributed by atoms with Gasteiger partial charge in [0.15, 0.2) is 5.16 Å². The lowest BCUT2D eigenvalue weighted by Crippen LogP contribution is -2.26. The molecule has 2 aromatic carbocycles. The van der Waals surface area contributed by atoms with Crippen molar-refractivity contribution in [2.45, 2.75) is 25.5 Å². The zero-order chi connectivity index (χ0) is 21.1. The number of thioether (sulfide) groups is 1. The van der Waals surface area contributed by atoms with Crippen LogP contribution in [0.5, 0.6) is 0 Å². The average molecular weight is 471 g/mol. The molecular weight excluding hydrogens is 453 g/mol. The van der Waals surface area contributed by atoms with Crippen LogP contribution >= 0.6 is 46.6 Å². The lowest BCUT2D eigenvalue weighted by Gasteiger charge is -2.15. The summed E-state index contributed by atoms with van der Waals surface area (Å²) >= 11 is 19.2. The summed E-state index contributed by atoms with van der Waals surface area (Å²) in [6.07, 6.45) is 0. The second-order valence-electron chi connectivity index (χ2n) is 6.80. The van der Waals surface area contributed by atoms with Crippen LogP contribution in [0.2, 0.25) is 15.1 Å². The molecule has 0 saturated carbocycles. The molecule has 1 amide bonds. The predicted octanol–water partition coefficient (Wildman–Crippen LogP) is 5.74. The van der Waals surface area contributed by atoms with E-state index in [2.05, 4.69) is 10.3 Å². The Morgan fingerprint density at radius 3 is 2.55 bits per heavy atom. The molecule has 3 rings (SSSR count). The number of nitrogens with one attached hydrogen (secondary N) is 1. The minimum atomic E-state index is -0.297. The topological polar surface area (TPSA) is 64.0 Å². The molecule has 0 unspecified atom stereocenters. The summed E-state index contributed by atoms with van der Waals surface area (Å²) in [5.41, 5.74) is 0.866. The number of para-hydroxylation sites is 1. The van der Waals surface area contributed by atoms with Crippen molar-refractivity contribution < 1.29 is 4.79 Å². The Labute approximate surface area is 187 Å². The van der Waals surface area contributed by atoms with Crippen LogP contribution in [0.15, 0.2) is 46.3 Å². The molecule has 9 heteroatoms. The van der Waals surface area contributed by atoms with E-state index in [0.717, 1.165) is 0 Å². The normalized spacial score (nSPS) is 11.2.